The van der Waals surface area contributed by atoms with Gasteiger partial charge in [0.15, 0.2) is 0 Å². The zero-order valence-electron chi connectivity index (χ0n) is 18.9. The third-order valence-corrected chi connectivity index (χ3v) is 5.97. The third kappa shape index (κ3) is 6.81. The van der Waals surface area contributed by atoms with E-state index in [0.29, 0.717) is 13.0 Å². The summed E-state index contributed by atoms with van der Waals surface area (Å²) in [4.78, 5) is 16.4. The number of unbranched alkanes of at least 4 members (excludes halogenated alkanes) is 2. The van der Waals surface area contributed by atoms with Crippen LogP contribution in [0.25, 0.3) is 0 Å². The van der Waals surface area contributed by atoms with Gasteiger partial charge in [-0.3, -0.25) is 4.79 Å². The van der Waals surface area contributed by atoms with Gasteiger partial charge in [-0.25, -0.2) is 0 Å². The summed E-state index contributed by atoms with van der Waals surface area (Å²) in [5, 5.41) is 0. The molecule has 0 spiro atoms. The van der Waals surface area contributed by atoms with E-state index in [4.69, 9.17) is 9.47 Å². The van der Waals surface area contributed by atoms with E-state index in [1.54, 1.807) is 0 Å². The van der Waals surface area contributed by atoms with Crippen LogP contribution in [0.15, 0.2) is 60.7 Å². The third-order valence-electron chi connectivity index (χ3n) is 5.97. The van der Waals surface area contributed by atoms with Gasteiger partial charge in [-0.2, -0.15) is 0 Å². The lowest BCUT2D eigenvalue weighted by atomic mass is 9.97. The molecule has 168 valence electrons. The standard InChI is InChI=1S/C26H36N2O3/c1-3-31-26(29)17-11-6-12-19-27-20-18-24(25(21-27)30-2)28(22-13-7-4-8-14-22)23-15-9-5-10-16-23/h4-5,7-10,13-16,24-25H,3,6,11-12,17-21H2,1-2H3. The Morgan fingerprint density at radius 3 is 2.23 bits per heavy atom. The molecule has 2 atom stereocenters. The lowest BCUT2D eigenvalue weighted by Gasteiger charge is -2.44. The second kappa shape index (κ2) is 12.5. The molecule has 1 aliphatic heterocycles. The number of anilines is 2. The lowest BCUT2D eigenvalue weighted by Crippen LogP contribution is -2.54. The molecule has 0 N–H and O–H groups in total. The number of rotatable bonds is 11. The molecule has 1 aliphatic rings. The molecule has 31 heavy (non-hydrogen) atoms. The van der Waals surface area contributed by atoms with E-state index in [1.165, 1.54) is 11.4 Å². The van der Waals surface area contributed by atoms with E-state index < -0.39 is 0 Å². The van der Waals surface area contributed by atoms with Crippen LogP contribution in [-0.2, 0) is 14.3 Å². The average Bonchev–Trinajstić information content (AvgIpc) is 2.81. The van der Waals surface area contributed by atoms with Crippen LogP contribution in [0.5, 0.6) is 0 Å². The summed E-state index contributed by atoms with van der Waals surface area (Å²) in [6, 6.07) is 21.5. The highest BCUT2D eigenvalue weighted by Gasteiger charge is 2.34. The van der Waals surface area contributed by atoms with Crippen molar-refractivity contribution >= 4 is 17.3 Å². The number of para-hydroxylation sites is 2. The minimum atomic E-state index is -0.0790. The molecule has 2 aromatic carbocycles. The first-order chi connectivity index (χ1) is 15.2. The maximum absolute atomic E-state index is 11.5. The Bertz CT molecular complexity index is 729. The van der Waals surface area contributed by atoms with Gasteiger partial charge >= 0.3 is 5.97 Å². The molecule has 1 fully saturated rings. The predicted octanol–water partition coefficient (Wildman–Crippen LogP) is 5.04. The monoisotopic (exact) mass is 424 g/mol. The molecule has 0 aliphatic carbocycles. The summed E-state index contributed by atoms with van der Waals surface area (Å²) < 4.78 is 11.0. The molecule has 0 aromatic heterocycles. The fourth-order valence-corrected chi connectivity index (χ4v) is 4.42. The van der Waals surface area contributed by atoms with Crippen molar-refractivity contribution in [1.29, 1.82) is 0 Å². The fraction of sp³-hybridized carbons (Fsp3) is 0.500. The Kier molecular flexibility index (Phi) is 9.38. The number of carbonyl (C=O) groups is 1. The average molecular weight is 425 g/mol. The van der Waals surface area contributed by atoms with Crippen LogP contribution in [-0.4, -0.2) is 56.4 Å². The molecule has 0 saturated carbocycles. The molecule has 0 bridgehead atoms. The number of carbonyl (C=O) groups excluding carboxylic acids is 1. The van der Waals surface area contributed by atoms with Crippen molar-refractivity contribution in [3.8, 4) is 0 Å². The summed E-state index contributed by atoms with van der Waals surface area (Å²) in [6.07, 6.45) is 4.76. The van der Waals surface area contributed by atoms with Crippen molar-refractivity contribution in [1.82, 2.24) is 4.90 Å². The second-order valence-corrected chi connectivity index (χ2v) is 8.09. The van der Waals surface area contributed by atoms with Gasteiger partial charge in [0, 0.05) is 38.0 Å². The first-order valence-electron chi connectivity index (χ1n) is 11.5. The van der Waals surface area contributed by atoms with Crippen molar-refractivity contribution in [3.05, 3.63) is 60.7 Å². The Labute approximate surface area is 187 Å². The van der Waals surface area contributed by atoms with Crippen LogP contribution in [0.3, 0.4) is 0 Å². The highest BCUT2D eigenvalue weighted by atomic mass is 16.5. The molecule has 1 saturated heterocycles. The van der Waals surface area contributed by atoms with Crippen molar-refractivity contribution < 1.29 is 14.3 Å². The molecule has 5 heteroatoms. The van der Waals surface area contributed by atoms with Crippen LogP contribution in [0.4, 0.5) is 11.4 Å². The highest BCUT2D eigenvalue weighted by molar-refractivity contribution is 5.69. The Hall–Kier alpha value is -2.37. The van der Waals surface area contributed by atoms with E-state index in [9.17, 15) is 4.79 Å². The number of methoxy groups -OCH3 is 1. The quantitative estimate of drug-likeness (QED) is 0.373. The van der Waals surface area contributed by atoms with Gasteiger partial charge in [-0.1, -0.05) is 42.8 Å². The lowest BCUT2D eigenvalue weighted by molar-refractivity contribution is -0.143. The largest absolute Gasteiger partial charge is 0.466 e. The highest BCUT2D eigenvalue weighted by Crippen LogP contribution is 2.32. The number of nitrogens with zero attached hydrogens (tertiary/aromatic N) is 2. The number of likely N-dealkylation sites (tertiary alicyclic amines) is 1. The molecular formula is C26H36N2O3. The second-order valence-electron chi connectivity index (χ2n) is 8.09. The molecule has 0 radical (unpaired) electrons. The molecule has 0 amide bonds. The Morgan fingerprint density at radius 2 is 1.65 bits per heavy atom. The van der Waals surface area contributed by atoms with Crippen molar-refractivity contribution in [2.24, 2.45) is 0 Å². The van der Waals surface area contributed by atoms with Crippen molar-refractivity contribution in [2.75, 3.05) is 38.3 Å². The number of benzene rings is 2. The number of hydrogen-bond acceptors (Lipinski definition) is 5. The maximum Gasteiger partial charge on any atom is 0.305 e. The molecule has 3 rings (SSSR count). The summed E-state index contributed by atoms with van der Waals surface area (Å²) in [5.41, 5.74) is 2.40. The summed E-state index contributed by atoms with van der Waals surface area (Å²) in [6.45, 7) is 5.35. The number of piperidine rings is 1. The Balaban J connectivity index is 1.58. The molecule has 2 unspecified atom stereocenters. The van der Waals surface area contributed by atoms with E-state index in [0.717, 1.165) is 45.3 Å². The van der Waals surface area contributed by atoms with E-state index in [1.807, 2.05) is 14.0 Å². The minimum Gasteiger partial charge on any atom is -0.466 e. The first kappa shape index (κ1) is 23.3. The van der Waals surface area contributed by atoms with E-state index >= 15 is 0 Å². The molecular weight excluding hydrogens is 388 g/mol. The normalized spacial score (nSPS) is 19.2. The minimum absolute atomic E-state index is 0.0790. The fourth-order valence-electron chi connectivity index (χ4n) is 4.42. The Morgan fingerprint density at radius 1 is 1.00 bits per heavy atom. The molecule has 5 nitrogen and oxygen atoms in total. The first-order valence-corrected chi connectivity index (χ1v) is 11.5. The maximum atomic E-state index is 11.5. The van der Waals surface area contributed by atoms with Gasteiger partial charge in [-0.05, 0) is 57.0 Å². The van der Waals surface area contributed by atoms with Gasteiger partial charge in [0.25, 0.3) is 0 Å². The number of ether oxygens (including phenoxy) is 2. The van der Waals surface area contributed by atoms with Gasteiger partial charge in [0.2, 0.25) is 0 Å². The van der Waals surface area contributed by atoms with Gasteiger partial charge in [0.05, 0.1) is 18.8 Å². The molecule has 1 heterocycles. The zero-order chi connectivity index (χ0) is 21.9. The van der Waals surface area contributed by atoms with Gasteiger partial charge in [-0.15, -0.1) is 0 Å². The molecule has 2 aromatic rings. The van der Waals surface area contributed by atoms with E-state index in [2.05, 4.69) is 70.5 Å². The van der Waals surface area contributed by atoms with Crippen LogP contribution < -0.4 is 4.90 Å². The predicted molar refractivity (Wildman–Crippen MR) is 126 cm³/mol. The van der Waals surface area contributed by atoms with Crippen LogP contribution >= 0.6 is 0 Å². The smallest absolute Gasteiger partial charge is 0.305 e. The summed E-state index contributed by atoms with van der Waals surface area (Å²) >= 11 is 0. The van der Waals surface area contributed by atoms with Crippen molar-refractivity contribution in [2.45, 2.75) is 51.2 Å². The van der Waals surface area contributed by atoms with Crippen molar-refractivity contribution in [3.63, 3.8) is 0 Å². The van der Waals surface area contributed by atoms with Gasteiger partial charge < -0.3 is 19.3 Å². The number of hydrogen-bond donors (Lipinski definition) is 0. The van der Waals surface area contributed by atoms with E-state index in [-0.39, 0.29) is 18.1 Å². The topological polar surface area (TPSA) is 42.0 Å². The zero-order valence-corrected chi connectivity index (χ0v) is 18.9. The SMILES string of the molecule is CCOC(=O)CCCCCN1CCC(N(c2ccccc2)c2ccccc2)C(OC)C1. The van der Waals surface area contributed by atoms with Crippen LogP contribution in [0.2, 0.25) is 0 Å². The van der Waals surface area contributed by atoms with Crippen LogP contribution in [0, 0.1) is 0 Å². The van der Waals surface area contributed by atoms with Crippen LogP contribution in [0.1, 0.15) is 39.0 Å². The van der Waals surface area contributed by atoms with Gasteiger partial charge in [0.1, 0.15) is 0 Å². The summed E-state index contributed by atoms with van der Waals surface area (Å²) in [5.74, 6) is -0.0790. The summed E-state index contributed by atoms with van der Waals surface area (Å²) in [7, 11) is 1.83. The number of esters is 1.